The Bertz CT molecular complexity index is 836. The van der Waals surface area contributed by atoms with Crippen LogP contribution < -0.4 is 0 Å². The molecule has 0 unspecified atom stereocenters. The van der Waals surface area contributed by atoms with Crippen molar-refractivity contribution in [1.82, 2.24) is 0 Å². The van der Waals surface area contributed by atoms with Gasteiger partial charge >= 0.3 is 0 Å². The van der Waals surface area contributed by atoms with E-state index in [4.69, 9.17) is 9.47 Å². The second-order valence-corrected chi connectivity index (χ2v) is 13.3. The zero-order chi connectivity index (χ0) is 23.6. The summed E-state index contributed by atoms with van der Waals surface area (Å²) in [5.74, 6) is 1.53. The molecule has 6 heteroatoms. The number of fused-ring (bicyclic) bond motifs is 7. The van der Waals surface area contributed by atoms with Gasteiger partial charge in [0.05, 0.1) is 24.9 Å². The first-order valence-electron chi connectivity index (χ1n) is 13.4. The standard InChI is InChI=1S/C27H42O6/c1-14-5-8-27(32-13-14)15(2)23-21(33-27)10-18-16-9-22(30)26(31)12-20(29)19(28)11-25(26,4)17(16)6-7-24(18,23)3/h14-21,23,28-29,31H,5-13H2,1-4H3/t14-,15+,16-,17-,18-,19-,20+,21-,23+,24+,25-,26-,27-/m1/s1. The molecule has 6 nitrogen and oxygen atoms in total. The maximum absolute atomic E-state index is 13.4. The van der Waals surface area contributed by atoms with Crippen LogP contribution in [0.15, 0.2) is 0 Å². The topological polar surface area (TPSA) is 96.2 Å². The maximum Gasteiger partial charge on any atom is 0.171 e. The zero-order valence-corrected chi connectivity index (χ0v) is 20.6. The van der Waals surface area contributed by atoms with Crippen molar-refractivity contribution in [3.05, 3.63) is 0 Å². The lowest BCUT2D eigenvalue weighted by atomic mass is 9.42. The van der Waals surface area contributed by atoms with Gasteiger partial charge in [0.15, 0.2) is 11.6 Å². The number of ether oxygens (including phenoxy) is 2. The Labute approximate surface area is 197 Å². The van der Waals surface area contributed by atoms with Crippen LogP contribution in [0.25, 0.3) is 0 Å². The normalized spacial score (nSPS) is 62.5. The van der Waals surface area contributed by atoms with Gasteiger partial charge in [-0.25, -0.2) is 0 Å². The van der Waals surface area contributed by atoms with E-state index in [1.807, 2.05) is 6.92 Å². The maximum atomic E-state index is 13.4. The second kappa shape index (κ2) is 7.03. The third kappa shape index (κ3) is 2.76. The SMILES string of the molecule is C[C@@H]1CC[C@@]2(OC1)O[C@@H]1C[C@@H]3[C@@H]4CC(=O)[C@]5(O)C[C@H](O)[C@H](O)C[C@]5(C)[C@@H]4CC[C@]3(C)[C@H]1[C@@H]2C. The van der Waals surface area contributed by atoms with Crippen LogP contribution in [0.1, 0.15) is 79.1 Å². The molecule has 2 aliphatic heterocycles. The number of ketones is 1. The highest BCUT2D eigenvalue weighted by Crippen LogP contribution is 2.71. The fraction of sp³-hybridized carbons (Fsp3) is 0.963. The summed E-state index contributed by atoms with van der Waals surface area (Å²) < 4.78 is 13.2. The van der Waals surface area contributed by atoms with Crippen LogP contribution in [0.2, 0.25) is 0 Å². The lowest BCUT2D eigenvalue weighted by Crippen LogP contribution is -2.69. The summed E-state index contributed by atoms with van der Waals surface area (Å²) in [5, 5.41) is 32.4. The molecule has 13 atom stereocenters. The molecule has 1 spiro atoms. The quantitative estimate of drug-likeness (QED) is 0.512. The molecule has 0 aromatic heterocycles. The fourth-order valence-corrected chi connectivity index (χ4v) is 10.1. The van der Waals surface area contributed by atoms with Gasteiger partial charge in [0.1, 0.15) is 5.60 Å². The van der Waals surface area contributed by atoms with E-state index < -0.39 is 29.0 Å². The van der Waals surface area contributed by atoms with Gasteiger partial charge in [-0.3, -0.25) is 4.79 Å². The minimum atomic E-state index is -1.53. The molecule has 4 aliphatic carbocycles. The van der Waals surface area contributed by atoms with Crippen LogP contribution in [0.3, 0.4) is 0 Å². The molecule has 6 fully saturated rings. The van der Waals surface area contributed by atoms with E-state index in [0.717, 1.165) is 38.7 Å². The average molecular weight is 463 g/mol. The molecule has 186 valence electrons. The first kappa shape index (κ1) is 22.9. The van der Waals surface area contributed by atoms with Crippen molar-refractivity contribution in [1.29, 1.82) is 0 Å². The van der Waals surface area contributed by atoms with E-state index in [0.29, 0.717) is 30.1 Å². The minimum Gasteiger partial charge on any atom is -0.390 e. The van der Waals surface area contributed by atoms with Crippen molar-refractivity contribution in [2.45, 2.75) is 109 Å². The van der Waals surface area contributed by atoms with E-state index >= 15 is 0 Å². The summed E-state index contributed by atoms with van der Waals surface area (Å²) in [6, 6.07) is 0. The van der Waals surface area contributed by atoms with E-state index in [-0.39, 0.29) is 42.0 Å². The van der Waals surface area contributed by atoms with Crippen molar-refractivity contribution in [3.8, 4) is 0 Å². The molecular formula is C27H42O6. The Morgan fingerprint density at radius 1 is 1.00 bits per heavy atom. The van der Waals surface area contributed by atoms with Crippen LogP contribution in [-0.2, 0) is 14.3 Å². The molecule has 6 aliphatic rings. The molecular weight excluding hydrogens is 420 g/mol. The van der Waals surface area contributed by atoms with Gasteiger partial charge in [0.2, 0.25) is 0 Å². The highest BCUT2D eigenvalue weighted by atomic mass is 16.7. The Morgan fingerprint density at radius 2 is 1.73 bits per heavy atom. The lowest BCUT2D eigenvalue weighted by Gasteiger charge is -2.63. The van der Waals surface area contributed by atoms with Crippen LogP contribution in [0.5, 0.6) is 0 Å². The van der Waals surface area contributed by atoms with Crippen LogP contribution in [-0.4, -0.2) is 57.4 Å². The highest BCUT2D eigenvalue weighted by molar-refractivity contribution is 5.89. The Kier molecular flexibility index (Phi) is 4.88. The Balaban J connectivity index is 1.31. The number of carbonyl (C=O) groups excluding carboxylic acids is 1. The van der Waals surface area contributed by atoms with Gasteiger partial charge in [-0.05, 0) is 67.1 Å². The zero-order valence-electron chi connectivity index (χ0n) is 20.6. The predicted octanol–water partition coefficient (Wildman–Crippen LogP) is 3.06. The largest absolute Gasteiger partial charge is 0.390 e. The monoisotopic (exact) mass is 462 g/mol. The lowest BCUT2D eigenvalue weighted by molar-refractivity contribution is -0.274. The number of aliphatic hydroxyl groups is 3. The summed E-state index contributed by atoms with van der Waals surface area (Å²) >= 11 is 0. The van der Waals surface area contributed by atoms with Gasteiger partial charge in [0, 0.05) is 30.6 Å². The molecule has 0 aromatic carbocycles. The third-order valence-corrected chi connectivity index (χ3v) is 11.9. The Hall–Kier alpha value is -0.530. The highest BCUT2D eigenvalue weighted by Gasteiger charge is 2.72. The summed E-state index contributed by atoms with van der Waals surface area (Å²) in [4.78, 5) is 13.4. The molecule has 3 N–H and O–H groups in total. The second-order valence-electron chi connectivity index (χ2n) is 13.3. The molecule has 0 bridgehead atoms. The molecule has 0 amide bonds. The molecule has 6 rings (SSSR count). The van der Waals surface area contributed by atoms with Gasteiger partial charge < -0.3 is 24.8 Å². The summed E-state index contributed by atoms with van der Waals surface area (Å²) in [5.41, 5.74) is -2.13. The molecule has 33 heavy (non-hydrogen) atoms. The summed E-state index contributed by atoms with van der Waals surface area (Å²) in [7, 11) is 0. The van der Waals surface area contributed by atoms with Crippen LogP contribution >= 0.6 is 0 Å². The fourth-order valence-electron chi connectivity index (χ4n) is 10.1. The van der Waals surface area contributed by atoms with Gasteiger partial charge in [-0.2, -0.15) is 0 Å². The van der Waals surface area contributed by atoms with Gasteiger partial charge in [0.25, 0.3) is 0 Å². The summed E-state index contributed by atoms with van der Waals surface area (Å²) in [6.45, 7) is 9.77. The smallest absolute Gasteiger partial charge is 0.171 e. The predicted molar refractivity (Wildman–Crippen MR) is 121 cm³/mol. The van der Waals surface area contributed by atoms with Crippen molar-refractivity contribution in [2.75, 3.05) is 6.61 Å². The van der Waals surface area contributed by atoms with Crippen molar-refractivity contribution in [3.63, 3.8) is 0 Å². The Morgan fingerprint density at radius 3 is 2.42 bits per heavy atom. The number of rotatable bonds is 0. The van der Waals surface area contributed by atoms with Crippen LogP contribution in [0, 0.1) is 46.3 Å². The van der Waals surface area contributed by atoms with Crippen molar-refractivity contribution in [2.24, 2.45) is 46.3 Å². The number of hydrogen-bond acceptors (Lipinski definition) is 6. The number of aliphatic hydroxyl groups excluding tert-OH is 2. The average Bonchev–Trinajstić information content (AvgIpc) is 3.19. The van der Waals surface area contributed by atoms with E-state index in [1.54, 1.807) is 0 Å². The molecule has 2 heterocycles. The van der Waals surface area contributed by atoms with Crippen molar-refractivity contribution < 1.29 is 29.6 Å². The first-order chi connectivity index (χ1) is 15.5. The third-order valence-electron chi connectivity index (χ3n) is 11.9. The number of hydrogen-bond donors (Lipinski definition) is 3. The van der Waals surface area contributed by atoms with E-state index in [1.165, 1.54) is 0 Å². The van der Waals surface area contributed by atoms with Gasteiger partial charge in [-0.15, -0.1) is 0 Å². The van der Waals surface area contributed by atoms with Crippen LogP contribution in [0.4, 0.5) is 0 Å². The van der Waals surface area contributed by atoms with E-state index in [2.05, 4.69) is 20.8 Å². The molecule has 4 saturated carbocycles. The molecule has 0 radical (unpaired) electrons. The molecule has 0 aromatic rings. The van der Waals surface area contributed by atoms with Gasteiger partial charge in [-0.1, -0.05) is 27.7 Å². The number of carbonyl (C=O) groups is 1. The minimum absolute atomic E-state index is 0.0433. The first-order valence-corrected chi connectivity index (χ1v) is 13.4. The molecule has 2 saturated heterocycles. The van der Waals surface area contributed by atoms with E-state index in [9.17, 15) is 20.1 Å². The van der Waals surface area contributed by atoms with Crippen molar-refractivity contribution >= 4 is 5.78 Å². The number of Topliss-reactive ketones (excluding diaryl/α,β-unsaturated/α-hetero) is 1. The summed E-state index contributed by atoms with van der Waals surface area (Å²) in [6.07, 6.45) is 3.96.